The Hall–Kier alpha value is -1.46. The minimum Gasteiger partial charge on any atom is -0.481 e. The van der Waals surface area contributed by atoms with Gasteiger partial charge in [-0.1, -0.05) is 17.7 Å². The summed E-state index contributed by atoms with van der Waals surface area (Å²) in [5, 5.41) is 10.9. The Kier molecular flexibility index (Phi) is 3.40. The van der Waals surface area contributed by atoms with Gasteiger partial charge < -0.3 is 5.11 Å². The third-order valence-corrected chi connectivity index (χ3v) is 3.30. The minimum absolute atomic E-state index is 0.0519. The number of nitrogens with zero attached hydrogens (tertiary/aromatic N) is 1. The lowest BCUT2D eigenvalue weighted by Gasteiger charge is -1.98. The molecular formula is C11H7ClFNO2S. The predicted octanol–water partition coefficient (Wildman–Crippen LogP) is 3.23. The lowest BCUT2D eigenvalue weighted by Crippen LogP contribution is -1.99. The molecule has 0 unspecified atom stereocenters. The molecule has 1 heterocycles. The van der Waals surface area contributed by atoms with Crippen LogP contribution in [0.4, 0.5) is 4.39 Å². The molecule has 0 aliphatic rings. The second-order valence-corrected chi connectivity index (χ2v) is 4.61. The lowest BCUT2D eigenvalue weighted by molar-refractivity contribution is -0.136. The molecule has 3 nitrogen and oxygen atoms in total. The minimum atomic E-state index is -0.941. The molecule has 0 radical (unpaired) electrons. The maximum Gasteiger partial charge on any atom is 0.309 e. The molecule has 0 saturated heterocycles. The topological polar surface area (TPSA) is 50.2 Å². The van der Waals surface area contributed by atoms with Gasteiger partial charge >= 0.3 is 5.97 Å². The van der Waals surface area contributed by atoms with Gasteiger partial charge in [-0.25, -0.2) is 9.37 Å². The highest BCUT2D eigenvalue weighted by molar-refractivity contribution is 7.13. The van der Waals surface area contributed by atoms with Crippen LogP contribution in [0.25, 0.3) is 10.6 Å². The summed E-state index contributed by atoms with van der Waals surface area (Å²) in [6.45, 7) is 0. The SMILES string of the molecule is O=C(O)Cc1csc(-c2ccc(Cl)c(F)c2)n1. The predicted molar refractivity (Wildman–Crippen MR) is 63.9 cm³/mol. The number of hydrogen-bond donors (Lipinski definition) is 1. The second-order valence-electron chi connectivity index (χ2n) is 3.34. The summed E-state index contributed by atoms with van der Waals surface area (Å²) in [7, 11) is 0. The van der Waals surface area contributed by atoms with E-state index >= 15 is 0 Å². The summed E-state index contributed by atoms with van der Waals surface area (Å²) in [6, 6.07) is 4.38. The molecule has 0 atom stereocenters. The van der Waals surface area contributed by atoms with Crippen molar-refractivity contribution in [2.75, 3.05) is 0 Å². The van der Waals surface area contributed by atoms with Crippen LogP contribution in [0.2, 0.25) is 5.02 Å². The first-order valence-corrected chi connectivity index (χ1v) is 5.93. The van der Waals surface area contributed by atoms with Crippen LogP contribution in [-0.4, -0.2) is 16.1 Å². The van der Waals surface area contributed by atoms with E-state index < -0.39 is 11.8 Å². The Morgan fingerprint density at radius 1 is 1.53 bits per heavy atom. The number of aromatic nitrogens is 1. The fourth-order valence-electron chi connectivity index (χ4n) is 1.30. The smallest absolute Gasteiger partial charge is 0.309 e. The van der Waals surface area contributed by atoms with Gasteiger partial charge in [-0.15, -0.1) is 11.3 Å². The van der Waals surface area contributed by atoms with Crippen LogP contribution in [-0.2, 0) is 11.2 Å². The standard InChI is InChI=1S/C11H7ClFNO2S/c12-8-2-1-6(3-9(8)13)11-14-7(5-17-11)4-10(15)16/h1-3,5H,4H2,(H,15,16). The zero-order valence-corrected chi connectivity index (χ0v) is 10.1. The molecule has 0 amide bonds. The second kappa shape index (κ2) is 4.81. The number of carboxylic acid groups (broad SMARTS) is 1. The highest BCUT2D eigenvalue weighted by Gasteiger charge is 2.09. The van der Waals surface area contributed by atoms with Gasteiger partial charge in [0.25, 0.3) is 0 Å². The van der Waals surface area contributed by atoms with Gasteiger partial charge in [-0.3, -0.25) is 4.79 Å². The van der Waals surface area contributed by atoms with Gasteiger partial charge in [-0.2, -0.15) is 0 Å². The molecule has 0 aliphatic heterocycles. The molecule has 1 N–H and O–H groups in total. The van der Waals surface area contributed by atoms with Crippen molar-refractivity contribution >= 4 is 28.9 Å². The van der Waals surface area contributed by atoms with Crippen LogP contribution >= 0.6 is 22.9 Å². The number of halogens is 2. The van der Waals surface area contributed by atoms with E-state index in [9.17, 15) is 9.18 Å². The largest absolute Gasteiger partial charge is 0.481 e. The Balaban J connectivity index is 2.30. The van der Waals surface area contributed by atoms with Crippen LogP contribution in [0.5, 0.6) is 0 Å². The summed E-state index contributed by atoms with van der Waals surface area (Å²) in [6.07, 6.45) is -0.132. The number of hydrogen-bond acceptors (Lipinski definition) is 3. The van der Waals surface area contributed by atoms with Crippen LogP contribution < -0.4 is 0 Å². The number of carbonyl (C=O) groups is 1. The first kappa shape index (κ1) is 12.0. The van der Waals surface area contributed by atoms with E-state index in [2.05, 4.69) is 4.98 Å². The Morgan fingerprint density at radius 3 is 2.94 bits per heavy atom. The number of rotatable bonds is 3. The average molecular weight is 272 g/mol. The first-order valence-electron chi connectivity index (χ1n) is 4.68. The van der Waals surface area contributed by atoms with E-state index in [-0.39, 0.29) is 11.4 Å². The molecule has 0 saturated carbocycles. The van der Waals surface area contributed by atoms with Crippen molar-refractivity contribution in [1.82, 2.24) is 4.98 Å². The highest BCUT2D eigenvalue weighted by atomic mass is 35.5. The third-order valence-electron chi connectivity index (χ3n) is 2.05. The fraction of sp³-hybridized carbons (Fsp3) is 0.0909. The first-order chi connectivity index (χ1) is 8.06. The van der Waals surface area contributed by atoms with Crippen molar-refractivity contribution < 1.29 is 14.3 Å². The van der Waals surface area contributed by atoms with Gasteiger partial charge in [-0.05, 0) is 12.1 Å². The van der Waals surface area contributed by atoms with Gasteiger partial charge in [0.15, 0.2) is 0 Å². The molecular weight excluding hydrogens is 265 g/mol. The van der Waals surface area contributed by atoms with Crippen LogP contribution in [0, 0.1) is 5.82 Å². The summed E-state index contributed by atoms with van der Waals surface area (Å²) in [4.78, 5) is 14.6. The van der Waals surface area contributed by atoms with Crippen molar-refractivity contribution in [3.8, 4) is 10.6 Å². The van der Waals surface area contributed by atoms with E-state index in [1.807, 2.05) is 0 Å². The quantitative estimate of drug-likeness (QED) is 0.932. The maximum absolute atomic E-state index is 13.2. The molecule has 17 heavy (non-hydrogen) atoms. The molecule has 0 aliphatic carbocycles. The molecule has 0 fully saturated rings. The normalized spacial score (nSPS) is 10.5. The molecule has 2 rings (SSSR count). The van der Waals surface area contributed by atoms with Crippen LogP contribution in [0.3, 0.4) is 0 Å². The molecule has 2 aromatic rings. The number of benzene rings is 1. The van der Waals surface area contributed by atoms with Gasteiger partial charge in [0.05, 0.1) is 17.1 Å². The van der Waals surface area contributed by atoms with Gasteiger partial charge in [0, 0.05) is 10.9 Å². The molecule has 1 aromatic carbocycles. The monoisotopic (exact) mass is 271 g/mol. The highest BCUT2D eigenvalue weighted by Crippen LogP contribution is 2.27. The number of carboxylic acids is 1. The summed E-state index contributed by atoms with van der Waals surface area (Å²) >= 11 is 6.85. The van der Waals surface area contributed by atoms with E-state index in [1.165, 1.54) is 23.5 Å². The van der Waals surface area contributed by atoms with E-state index in [0.717, 1.165) is 0 Å². The van der Waals surface area contributed by atoms with Crippen molar-refractivity contribution in [2.45, 2.75) is 6.42 Å². The maximum atomic E-state index is 13.2. The lowest BCUT2D eigenvalue weighted by atomic mass is 10.2. The molecule has 6 heteroatoms. The van der Waals surface area contributed by atoms with E-state index in [0.29, 0.717) is 16.3 Å². The fourth-order valence-corrected chi connectivity index (χ4v) is 2.24. The van der Waals surface area contributed by atoms with Gasteiger partial charge in [0.1, 0.15) is 10.8 Å². The van der Waals surface area contributed by atoms with Crippen LogP contribution in [0.1, 0.15) is 5.69 Å². The summed E-state index contributed by atoms with van der Waals surface area (Å²) < 4.78 is 13.2. The number of thiazole rings is 1. The van der Waals surface area contributed by atoms with Crippen molar-refractivity contribution in [3.63, 3.8) is 0 Å². The average Bonchev–Trinajstić information content (AvgIpc) is 2.69. The van der Waals surface area contributed by atoms with Crippen LogP contribution in [0.15, 0.2) is 23.6 Å². The Labute approximate surface area is 106 Å². The summed E-state index contributed by atoms with van der Waals surface area (Å²) in [5.41, 5.74) is 1.06. The Bertz CT molecular complexity index is 570. The summed E-state index contributed by atoms with van der Waals surface area (Å²) in [5.74, 6) is -1.46. The third kappa shape index (κ3) is 2.81. The van der Waals surface area contributed by atoms with E-state index in [4.69, 9.17) is 16.7 Å². The Morgan fingerprint density at radius 2 is 2.29 bits per heavy atom. The van der Waals surface area contributed by atoms with E-state index in [1.54, 1.807) is 11.4 Å². The van der Waals surface area contributed by atoms with Gasteiger partial charge in [0.2, 0.25) is 0 Å². The molecule has 0 spiro atoms. The molecule has 0 bridgehead atoms. The van der Waals surface area contributed by atoms with Crippen molar-refractivity contribution in [3.05, 3.63) is 40.1 Å². The molecule has 88 valence electrons. The number of aliphatic carboxylic acids is 1. The van der Waals surface area contributed by atoms with Crippen molar-refractivity contribution in [1.29, 1.82) is 0 Å². The zero-order valence-electron chi connectivity index (χ0n) is 8.48. The molecule has 1 aromatic heterocycles. The zero-order chi connectivity index (χ0) is 12.4. The van der Waals surface area contributed by atoms with Crippen molar-refractivity contribution in [2.24, 2.45) is 0 Å².